The fourth-order valence-corrected chi connectivity index (χ4v) is 2.95. The van der Waals surface area contributed by atoms with E-state index in [0.29, 0.717) is 12.0 Å². The summed E-state index contributed by atoms with van der Waals surface area (Å²) in [6.45, 7) is 1.65. The molecule has 4 N–H and O–H groups in total. The highest BCUT2D eigenvalue weighted by molar-refractivity contribution is 6.01. The van der Waals surface area contributed by atoms with E-state index in [0.717, 1.165) is 12.3 Å². The molecule has 2 saturated carbocycles. The summed E-state index contributed by atoms with van der Waals surface area (Å²) >= 11 is 0. The van der Waals surface area contributed by atoms with E-state index in [4.69, 9.17) is 10.9 Å². The molecule has 16 heavy (non-hydrogen) atoms. The highest BCUT2D eigenvalue weighted by Gasteiger charge is 2.40. The molecule has 0 heterocycles. The third kappa shape index (κ3) is 1.99. The molecule has 0 radical (unpaired) electrons. The molecule has 0 aromatic carbocycles. The van der Waals surface area contributed by atoms with E-state index < -0.39 is 5.92 Å². The summed E-state index contributed by atoms with van der Waals surface area (Å²) in [4.78, 5) is 11.8. The van der Waals surface area contributed by atoms with Crippen molar-refractivity contribution in [2.75, 3.05) is 0 Å². The van der Waals surface area contributed by atoms with Gasteiger partial charge in [-0.15, -0.1) is 0 Å². The smallest absolute Gasteiger partial charge is 0.230 e. The summed E-state index contributed by atoms with van der Waals surface area (Å²) in [6, 6.07) is 0.306. The fourth-order valence-electron chi connectivity index (χ4n) is 2.95. The van der Waals surface area contributed by atoms with Gasteiger partial charge >= 0.3 is 0 Å². The lowest BCUT2D eigenvalue weighted by atomic mass is 9.95. The molecule has 2 aliphatic rings. The molecule has 4 unspecified atom stereocenters. The first kappa shape index (κ1) is 11.2. The van der Waals surface area contributed by atoms with Crippen molar-refractivity contribution >= 4 is 11.7 Å². The van der Waals surface area contributed by atoms with Gasteiger partial charge in [-0.05, 0) is 38.0 Å². The molecule has 5 heteroatoms. The second-order valence-electron chi connectivity index (χ2n) is 5.04. The number of hydrogen-bond acceptors (Lipinski definition) is 3. The lowest BCUT2D eigenvalue weighted by molar-refractivity contribution is -0.123. The topological polar surface area (TPSA) is 87.7 Å². The van der Waals surface area contributed by atoms with Crippen molar-refractivity contribution in [2.45, 2.75) is 38.6 Å². The van der Waals surface area contributed by atoms with Gasteiger partial charge in [0.2, 0.25) is 5.91 Å². The van der Waals surface area contributed by atoms with Crippen LogP contribution in [0.2, 0.25) is 0 Å². The summed E-state index contributed by atoms with van der Waals surface area (Å²) in [5.41, 5.74) is 5.41. The van der Waals surface area contributed by atoms with E-state index in [-0.39, 0.29) is 11.7 Å². The number of carbonyl (C=O) groups excluding carboxylic acids is 1. The first-order valence-corrected chi connectivity index (χ1v) is 5.89. The minimum Gasteiger partial charge on any atom is -0.409 e. The molecule has 4 atom stereocenters. The Hall–Kier alpha value is -1.26. The minimum absolute atomic E-state index is 0.0272. The van der Waals surface area contributed by atoms with E-state index in [9.17, 15) is 4.79 Å². The molecule has 2 bridgehead atoms. The van der Waals surface area contributed by atoms with Crippen LogP contribution in [0.15, 0.2) is 5.16 Å². The van der Waals surface area contributed by atoms with Crippen LogP contribution in [0.5, 0.6) is 0 Å². The number of nitrogens with one attached hydrogen (secondary N) is 1. The van der Waals surface area contributed by atoms with Gasteiger partial charge in [-0.25, -0.2) is 0 Å². The first-order valence-electron chi connectivity index (χ1n) is 5.89. The average Bonchev–Trinajstić information content (AvgIpc) is 2.88. The van der Waals surface area contributed by atoms with Gasteiger partial charge in [-0.1, -0.05) is 11.6 Å². The predicted octanol–water partition coefficient (Wildman–Crippen LogP) is 0.674. The van der Waals surface area contributed by atoms with Crippen LogP contribution >= 0.6 is 0 Å². The third-order valence-corrected chi connectivity index (χ3v) is 4.02. The molecule has 0 saturated heterocycles. The Bertz CT molecular complexity index is 316. The molecule has 2 fully saturated rings. The molecule has 90 valence electrons. The highest BCUT2D eigenvalue weighted by Crippen LogP contribution is 2.44. The largest absolute Gasteiger partial charge is 0.409 e. The van der Waals surface area contributed by atoms with Gasteiger partial charge in [0, 0.05) is 6.04 Å². The number of oxime groups is 1. The normalized spacial score (nSPS) is 35.1. The summed E-state index contributed by atoms with van der Waals surface area (Å²) < 4.78 is 0. The lowest BCUT2D eigenvalue weighted by Gasteiger charge is -2.24. The van der Waals surface area contributed by atoms with Gasteiger partial charge in [0.25, 0.3) is 0 Å². The van der Waals surface area contributed by atoms with Crippen LogP contribution in [0.4, 0.5) is 0 Å². The maximum Gasteiger partial charge on any atom is 0.230 e. The first-order chi connectivity index (χ1) is 7.61. The van der Waals surface area contributed by atoms with E-state index in [1.54, 1.807) is 6.92 Å². The zero-order valence-electron chi connectivity index (χ0n) is 9.52. The van der Waals surface area contributed by atoms with E-state index in [1.807, 2.05) is 0 Å². The standard InChI is InChI=1S/C11H19N3O2/c1-6(10(12)14-16)11(15)13-9-5-7-2-3-8(9)4-7/h6-9,16H,2-5H2,1H3,(H2,12,14)(H,13,15). The van der Waals surface area contributed by atoms with Crippen molar-refractivity contribution in [3.63, 3.8) is 0 Å². The summed E-state index contributed by atoms with van der Waals surface area (Å²) in [6.07, 6.45) is 4.89. The zero-order valence-corrected chi connectivity index (χ0v) is 9.52. The van der Waals surface area contributed by atoms with Gasteiger partial charge in [0.1, 0.15) is 0 Å². The summed E-state index contributed by atoms with van der Waals surface area (Å²) in [7, 11) is 0. The Morgan fingerprint density at radius 2 is 2.25 bits per heavy atom. The lowest BCUT2D eigenvalue weighted by Crippen LogP contribution is -2.44. The Morgan fingerprint density at radius 1 is 1.50 bits per heavy atom. The Labute approximate surface area is 95.1 Å². The van der Waals surface area contributed by atoms with Crippen LogP contribution < -0.4 is 11.1 Å². The maximum absolute atomic E-state index is 11.8. The van der Waals surface area contributed by atoms with Crippen molar-refractivity contribution < 1.29 is 10.0 Å². The van der Waals surface area contributed by atoms with Crippen molar-refractivity contribution in [3.05, 3.63) is 0 Å². The predicted molar refractivity (Wildman–Crippen MR) is 60.0 cm³/mol. The molecule has 0 aromatic heterocycles. The number of hydrogen-bond donors (Lipinski definition) is 3. The van der Waals surface area contributed by atoms with Gasteiger partial charge in [-0.2, -0.15) is 0 Å². The van der Waals surface area contributed by atoms with Crippen molar-refractivity contribution in [2.24, 2.45) is 28.6 Å². The number of nitrogens with two attached hydrogens (primary N) is 1. The van der Waals surface area contributed by atoms with Crippen molar-refractivity contribution in [3.8, 4) is 0 Å². The Balaban J connectivity index is 1.88. The molecule has 0 spiro atoms. The van der Waals surface area contributed by atoms with Crippen LogP contribution in [-0.2, 0) is 4.79 Å². The van der Waals surface area contributed by atoms with Crippen LogP contribution in [-0.4, -0.2) is 23.0 Å². The third-order valence-electron chi connectivity index (χ3n) is 4.02. The van der Waals surface area contributed by atoms with Crippen LogP contribution in [0.25, 0.3) is 0 Å². The molecule has 5 nitrogen and oxygen atoms in total. The maximum atomic E-state index is 11.8. The molecule has 0 aromatic rings. The van der Waals surface area contributed by atoms with Crippen LogP contribution in [0.3, 0.4) is 0 Å². The summed E-state index contributed by atoms with van der Waals surface area (Å²) in [5.74, 6) is 0.737. The van der Waals surface area contributed by atoms with Crippen LogP contribution in [0.1, 0.15) is 32.6 Å². The number of amidine groups is 1. The van der Waals surface area contributed by atoms with Gasteiger partial charge in [0.05, 0.1) is 5.92 Å². The monoisotopic (exact) mass is 225 g/mol. The Kier molecular flexibility index (Phi) is 3.03. The molecule has 0 aliphatic heterocycles. The second-order valence-corrected chi connectivity index (χ2v) is 5.04. The number of nitrogens with zero attached hydrogens (tertiary/aromatic N) is 1. The Morgan fingerprint density at radius 3 is 2.75 bits per heavy atom. The van der Waals surface area contributed by atoms with Crippen LogP contribution in [0, 0.1) is 17.8 Å². The summed E-state index contributed by atoms with van der Waals surface area (Å²) in [5, 5.41) is 14.4. The van der Waals surface area contributed by atoms with Gasteiger partial charge < -0.3 is 16.3 Å². The zero-order chi connectivity index (χ0) is 11.7. The fraction of sp³-hybridized carbons (Fsp3) is 0.818. The molecule has 1 amide bonds. The molecule has 2 aliphatic carbocycles. The molecular formula is C11H19N3O2. The van der Waals surface area contributed by atoms with E-state index >= 15 is 0 Å². The number of rotatable bonds is 3. The van der Waals surface area contributed by atoms with Crippen molar-refractivity contribution in [1.82, 2.24) is 5.32 Å². The van der Waals surface area contributed by atoms with Gasteiger partial charge in [0.15, 0.2) is 5.84 Å². The molecular weight excluding hydrogens is 206 g/mol. The second kappa shape index (κ2) is 4.31. The van der Waals surface area contributed by atoms with E-state index in [1.165, 1.54) is 19.3 Å². The highest BCUT2D eigenvalue weighted by atomic mass is 16.4. The average molecular weight is 225 g/mol. The SMILES string of the molecule is CC(C(=O)NC1CC2CCC1C2)C(N)=NO. The minimum atomic E-state index is -0.552. The van der Waals surface area contributed by atoms with Gasteiger partial charge in [-0.3, -0.25) is 4.79 Å². The quantitative estimate of drug-likeness (QED) is 0.285. The van der Waals surface area contributed by atoms with Crippen molar-refractivity contribution in [1.29, 1.82) is 0 Å². The number of carbonyl (C=O) groups is 1. The van der Waals surface area contributed by atoms with E-state index in [2.05, 4.69) is 10.5 Å². The number of amides is 1. The molecule has 2 rings (SSSR count). The number of fused-ring (bicyclic) bond motifs is 2.